The standard InChI is InChI=1S/C30H29N5O5S/c1-38-18-26(36)32-23-17-21(13-14-25(23)39-2)35-28(27(33-30(35)41)22-7-4-5-15-31-22)24-8-6-16-34(24)20-11-9-19(10-12-20)29(37)40-3/h4-17,27-28H,18H2,1-3H3,(H,32,36)(H,33,41)/t27-,28-/m1/s1. The smallest absolute Gasteiger partial charge is 0.337 e. The van der Waals surface area contributed by atoms with Gasteiger partial charge < -0.3 is 34.3 Å². The van der Waals surface area contributed by atoms with Crippen LogP contribution in [0.15, 0.2) is 85.2 Å². The fraction of sp³-hybridized carbons (Fsp3) is 0.200. The number of anilines is 2. The topological polar surface area (TPSA) is 107 Å². The van der Waals surface area contributed by atoms with Crippen molar-refractivity contribution in [1.82, 2.24) is 14.9 Å². The van der Waals surface area contributed by atoms with Gasteiger partial charge in [-0.05, 0) is 78.9 Å². The van der Waals surface area contributed by atoms with E-state index in [4.69, 9.17) is 26.4 Å². The lowest BCUT2D eigenvalue weighted by Crippen LogP contribution is -2.30. The molecular weight excluding hydrogens is 542 g/mol. The van der Waals surface area contributed by atoms with E-state index >= 15 is 0 Å². The molecule has 11 heteroatoms. The minimum Gasteiger partial charge on any atom is -0.495 e. The molecule has 5 rings (SSSR count). The number of carbonyl (C=O) groups excluding carboxylic acids is 2. The van der Waals surface area contributed by atoms with Crippen molar-refractivity contribution in [1.29, 1.82) is 0 Å². The van der Waals surface area contributed by atoms with Gasteiger partial charge in [-0.15, -0.1) is 0 Å². The average Bonchev–Trinajstić information content (AvgIpc) is 3.61. The molecule has 1 aliphatic rings. The normalized spacial score (nSPS) is 16.3. The number of nitrogens with zero attached hydrogens (tertiary/aromatic N) is 3. The fourth-order valence-corrected chi connectivity index (χ4v) is 5.29. The molecule has 2 aromatic heterocycles. The first-order valence-corrected chi connectivity index (χ1v) is 13.2. The molecular formula is C30H29N5O5S. The number of rotatable bonds is 9. The first-order valence-electron chi connectivity index (χ1n) is 12.8. The summed E-state index contributed by atoms with van der Waals surface area (Å²) in [5.74, 6) is -0.204. The van der Waals surface area contributed by atoms with Crippen molar-refractivity contribution in [2.45, 2.75) is 12.1 Å². The van der Waals surface area contributed by atoms with Crippen LogP contribution in [0.5, 0.6) is 5.75 Å². The minimum atomic E-state index is -0.399. The van der Waals surface area contributed by atoms with Crippen molar-refractivity contribution in [2.75, 3.05) is 38.2 Å². The van der Waals surface area contributed by atoms with Crippen LogP contribution in [0.25, 0.3) is 5.69 Å². The second kappa shape index (κ2) is 12.2. The van der Waals surface area contributed by atoms with Crippen LogP contribution < -0.4 is 20.3 Å². The predicted octanol–water partition coefficient (Wildman–Crippen LogP) is 4.43. The monoisotopic (exact) mass is 571 g/mol. The van der Waals surface area contributed by atoms with Gasteiger partial charge in [0.2, 0.25) is 5.91 Å². The third kappa shape index (κ3) is 5.63. The van der Waals surface area contributed by atoms with Crippen LogP contribution in [0.4, 0.5) is 11.4 Å². The Kier molecular flexibility index (Phi) is 8.27. The largest absolute Gasteiger partial charge is 0.495 e. The molecule has 1 aliphatic heterocycles. The molecule has 10 nitrogen and oxygen atoms in total. The van der Waals surface area contributed by atoms with Gasteiger partial charge in [-0.3, -0.25) is 9.78 Å². The number of carbonyl (C=O) groups is 2. The lowest BCUT2D eigenvalue weighted by molar-refractivity contribution is -0.119. The third-order valence-electron chi connectivity index (χ3n) is 6.76. The molecule has 0 radical (unpaired) electrons. The summed E-state index contributed by atoms with van der Waals surface area (Å²) in [6.07, 6.45) is 3.71. The molecule has 2 aromatic carbocycles. The van der Waals surface area contributed by atoms with Crippen molar-refractivity contribution < 1.29 is 23.8 Å². The highest BCUT2D eigenvalue weighted by Crippen LogP contribution is 2.43. The Morgan fingerprint density at radius 1 is 1.00 bits per heavy atom. The first-order chi connectivity index (χ1) is 19.9. The summed E-state index contributed by atoms with van der Waals surface area (Å²) in [4.78, 5) is 31.0. The summed E-state index contributed by atoms with van der Waals surface area (Å²) in [5.41, 5.74) is 4.30. The molecule has 1 amide bonds. The summed E-state index contributed by atoms with van der Waals surface area (Å²) >= 11 is 5.89. The van der Waals surface area contributed by atoms with E-state index in [1.807, 2.05) is 65.7 Å². The van der Waals surface area contributed by atoms with Gasteiger partial charge in [-0.25, -0.2) is 4.79 Å². The van der Waals surface area contributed by atoms with Crippen molar-refractivity contribution in [3.8, 4) is 11.4 Å². The maximum Gasteiger partial charge on any atom is 0.337 e. The lowest BCUT2D eigenvalue weighted by atomic mass is 10.0. The Morgan fingerprint density at radius 3 is 2.46 bits per heavy atom. The molecule has 4 aromatic rings. The molecule has 1 saturated heterocycles. The quantitative estimate of drug-likeness (QED) is 0.223. The maximum absolute atomic E-state index is 12.4. The summed E-state index contributed by atoms with van der Waals surface area (Å²) in [5, 5.41) is 6.81. The van der Waals surface area contributed by atoms with Crippen LogP contribution in [-0.4, -0.2) is 54.5 Å². The van der Waals surface area contributed by atoms with Crippen molar-refractivity contribution in [2.24, 2.45) is 0 Å². The molecule has 0 bridgehead atoms. The molecule has 41 heavy (non-hydrogen) atoms. The molecule has 0 aliphatic carbocycles. The van der Waals surface area contributed by atoms with Crippen LogP contribution in [0.3, 0.4) is 0 Å². The molecule has 0 spiro atoms. The third-order valence-corrected chi connectivity index (χ3v) is 7.07. The SMILES string of the molecule is COCC(=O)Nc1cc(N2C(=S)N[C@H](c3ccccn3)[C@H]2c2cccn2-c2ccc(C(=O)OC)cc2)ccc1OC. The second-order valence-corrected chi connectivity index (χ2v) is 9.59. The Morgan fingerprint density at radius 2 is 1.78 bits per heavy atom. The van der Waals surface area contributed by atoms with Crippen LogP contribution >= 0.6 is 12.2 Å². The number of thiocarbonyl (C=S) groups is 1. The van der Waals surface area contributed by atoms with Crippen molar-refractivity contribution >= 4 is 40.6 Å². The number of esters is 1. The first kappa shape index (κ1) is 27.8. The summed E-state index contributed by atoms with van der Waals surface area (Å²) in [6.45, 7) is -0.0935. The maximum atomic E-state index is 12.4. The van der Waals surface area contributed by atoms with Gasteiger partial charge in [0.15, 0.2) is 5.11 Å². The number of aromatic nitrogens is 2. The average molecular weight is 572 g/mol. The number of pyridine rings is 1. The number of ether oxygens (including phenoxy) is 3. The van der Waals surface area contributed by atoms with Gasteiger partial charge in [-0.1, -0.05) is 6.07 Å². The van der Waals surface area contributed by atoms with Gasteiger partial charge in [0.25, 0.3) is 0 Å². The Hall–Kier alpha value is -4.74. The van der Waals surface area contributed by atoms with Crippen LogP contribution in [-0.2, 0) is 14.3 Å². The fourth-order valence-electron chi connectivity index (χ4n) is 4.94. The van der Waals surface area contributed by atoms with E-state index in [0.29, 0.717) is 22.1 Å². The summed E-state index contributed by atoms with van der Waals surface area (Å²) < 4.78 is 17.4. The van der Waals surface area contributed by atoms with Crippen molar-refractivity contribution in [3.63, 3.8) is 0 Å². The summed E-state index contributed by atoms with van der Waals surface area (Å²) in [7, 11) is 4.36. The molecule has 2 N–H and O–H groups in total. The number of hydrogen-bond acceptors (Lipinski definition) is 7. The van der Waals surface area contributed by atoms with E-state index in [9.17, 15) is 9.59 Å². The van der Waals surface area contributed by atoms with Crippen LogP contribution in [0.2, 0.25) is 0 Å². The number of nitrogens with one attached hydrogen (secondary N) is 2. The minimum absolute atomic E-state index is 0.0935. The highest BCUT2D eigenvalue weighted by molar-refractivity contribution is 7.80. The van der Waals surface area contributed by atoms with E-state index in [2.05, 4.69) is 20.2 Å². The molecule has 3 heterocycles. The van der Waals surface area contributed by atoms with Gasteiger partial charge in [0.05, 0.1) is 37.2 Å². The number of hydrogen-bond donors (Lipinski definition) is 2. The van der Waals surface area contributed by atoms with Crippen LogP contribution in [0.1, 0.15) is 33.8 Å². The van der Waals surface area contributed by atoms with E-state index in [-0.39, 0.29) is 24.6 Å². The lowest BCUT2D eigenvalue weighted by Gasteiger charge is -2.29. The zero-order valence-electron chi connectivity index (χ0n) is 22.7. The Labute approximate surface area is 242 Å². The number of methoxy groups -OCH3 is 3. The van der Waals surface area contributed by atoms with E-state index in [0.717, 1.165) is 22.8 Å². The van der Waals surface area contributed by atoms with E-state index in [1.165, 1.54) is 14.2 Å². The second-order valence-electron chi connectivity index (χ2n) is 9.20. The van der Waals surface area contributed by atoms with Gasteiger partial charge in [-0.2, -0.15) is 0 Å². The van der Waals surface area contributed by atoms with Gasteiger partial charge in [0.1, 0.15) is 18.4 Å². The highest BCUT2D eigenvalue weighted by atomic mass is 32.1. The Balaban J connectivity index is 1.60. The van der Waals surface area contributed by atoms with Gasteiger partial charge >= 0.3 is 5.97 Å². The molecule has 0 unspecified atom stereocenters. The predicted molar refractivity (Wildman–Crippen MR) is 159 cm³/mol. The van der Waals surface area contributed by atoms with Crippen molar-refractivity contribution in [3.05, 3.63) is 102 Å². The Bertz CT molecular complexity index is 1560. The highest BCUT2D eigenvalue weighted by Gasteiger charge is 2.42. The van der Waals surface area contributed by atoms with Crippen LogP contribution in [0, 0.1) is 0 Å². The van der Waals surface area contributed by atoms with Gasteiger partial charge in [0, 0.05) is 36.6 Å². The molecule has 1 fully saturated rings. The number of benzene rings is 2. The zero-order valence-corrected chi connectivity index (χ0v) is 23.6. The van der Waals surface area contributed by atoms with E-state index < -0.39 is 5.97 Å². The number of amides is 1. The zero-order chi connectivity index (χ0) is 28.9. The van der Waals surface area contributed by atoms with E-state index in [1.54, 1.807) is 31.5 Å². The summed E-state index contributed by atoms with van der Waals surface area (Å²) in [6, 6.07) is 21.8. The molecule has 210 valence electrons. The molecule has 0 saturated carbocycles. The molecule has 2 atom stereocenters.